The van der Waals surface area contributed by atoms with Gasteiger partial charge in [0.15, 0.2) is 18.9 Å². The largest absolute Gasteiger partial charge is 0.394 e. The van der Waals surface area contributed by atoms with E-state index in [4.69, 9.17) is 23.7 Å². The van der Waals surface area contributed by atoms with Gasteiger partial charge in [-0.1, -0.05) is 0 Å². The lowest BCUT2D eigenvalue weighted by molar-refractivity contribution is -0.377. The molecule has 0 amide bonds. The van der Waals surface area contributed by atoms with Crippen molar-refractivity contribution >= 4 is 0 Å². The van der Waals surface area contributed by atoms with Crippen molar-refractivity contribution in [1.82, 2.24) is 0 Å². The van der Waals surface area contributed by atoms with Gasteiger partial charge in [0, 0.05) is 0 Å². The van der Waals surface area contributed by atoms with E-state index in [0.717, 1.165) is 0 Å². The molecule has 0 aromatic rings. The second-order valence-corrected chi connectivity index (χ2v) is 8.33. The van der Waals surface area contributed by atoms with Crippen molar-refractivity contribution in [3.05, 3.63) is 0 Å². The van der Waals surface area contributed by atoms with Gasteiger partial charge in [-0.2, -0.15) is 0 Å². The van der Waals surface area contributed by atoms with Crippen molar-refractivity contribution < 1.29 is 79.9 Å². The predicted molar refractivity (Wildman–Crippen MR) is 101 cm³/mol. The number of aliphatic hydroxyl groups is 11. The van der Waals surface area contributed by atoms with Crippen LogP contribution >= 0.6 is 0 Å². The summed E-state index contributed by atoms with van der Waals surface area (Å²) >= 11 is 0. The van der Waals surface area contributed by atoms with Crippen LogP contribution in [0.5, 0.6) is 0 Å². The molecule has 11 N–H and O–H groups in total. The summed E-state index contributed by atoms with van der Waals surface area (Å²) in [6, 6.07) is 0. The van der Waals surface area contributed by atoms with Crippen molar-refractivity contribution in [2.45, 2.75) is 92.1 Å². The SMILES string of the molecule is OC[C@H]1O[C@@H](O[C@H]2[C@@H](O)[C@@H](O)[C@@H](O[C@H]3[C@@H](O)[C@@H](O)C(O)O[C@@H]3CO)O[C@@H]2CO)[C@H](O)[C@@H](O)[C@@H]1O. The summed E-state index contributed by atoms with van der Waals surface area (Å²) in [5.74, 6) is 0. The first-order chi connectivity index (χ1) is 16.0. The van der Waals surface area contributed by atoms with Crippen LogP contribution in [0.3, 0.4) is 0 Å². The molecule has 0 aromatic heterocycles. The highest BCUT2D eigenvalue weighted by molar-refractivity contribution is 4.96. The van der Waals surface area contributed by atoms with Crippen molar-refractivity contribution in [3.63, 3.8) is 0 Å². The van der Waals surface area contributed by atoms with E-state index in [0.29, 0.717) is 0 Å². The van der Waals surface area contributed by atoms with E-state index in [2.05, 4.69) is 0 Å². The highest BCUT2D eigenvalue weighted by atomic mass is 16.8. The lowest BCUT2D eigenvalue weighted by Crippen LogP contribution is -2.66. The van der Waals surface area contributed by atoms with Crippen LogP contribution in [0, 0.1) is 0 Å². The second kappa shape index (κ2) is 11.6. The molecule has 0 saturated carbocycles. The summed E-state index contributed by atoms with van der Waals surface area (Å²) in [7, 11) is 0. The van der Waals surface area contributed by atoms with Gasteiger partial charge in [0.05, 0.1) is 19.8 Å². The number of rotatable bonds is 7. The van der Waals surface area contributed by atoms with Crippen molar-refractivity contribution in [3.8, 4) is 0 Å². The Morgan fingerprint density at radius 1 is 0.441 bits per heavy atom. The van der Waals surface area contributed by atoms with Crippen LogP contribution < -0.4 is 0 Å². The van der Waals surface area contributed by atoms with Gasteiger partial charge >= 0.3 is 0 Å². The van der Waals surface area contributed by atoms with Gasteiger partial charge in [-0.3, -0.25) is 0 Å². The van der Waals surface area contributed by atoms with Gasteiger partial charge in [-0.15, -0.1) is 0 Å². The molecule has 16 heteroatoms. The quantitative estimate of drug-likeness (QED) is 0.154. The Bertz CT molecular complexity index is 635. The molecule has 3 heterocycles. The molecule has 0 spiro atoms. The Balaban J connectivity index is 1.72. The average molecular weight is 504 g/mol. The lowest BCUT2D eigenvalue weighted by atomic mass is 9.96. The van der Waals surface area contributed by atoms with Crippen LogP contribution in [0.1, 0.15) is 0 Å². The van der Waals surface area contributed by atoms with Gasteiger partial charge in [-0.05, 0) is 0 Å². The molecule has 3 rings (SSSR count). The summed E-state index contributed by atoms with van der Waals surface area (Å²) in [6.45, 7) is -2.32. The molecule has 3 fully saturated rings. The lowest BCUT2D eigenvalue weighted by Gasteiger charge is -2.47. The molecule has 0 aliphatic carbocycles. The molecular formula is C18H32O16. The normalized spacial score (nSPS) is 52.5. The topological polar surface area (TPSA) is 269 Å². The zero-order chi connectivity index (χ0) is 25.3. The molecule has 1 unspecified atom stereocenters. The minimum Gasteiger partial charge on any atom is -0.394 e. The molecule has 15 atom stereocenters. The predicted octanol–water partition coefficient (Wildman–Crippen LogP) is -7.57. The monoisotopic (exact) mass is 504 g/mol. The number of hydrogen-bond donors (Lipinski definition) is 11. The summed E-state index contributed by atoms with van der Waals surface area (Å²) < 4.78 is 26.4. The highest BCUT2D eigenvalue weighted by Gasteiger charge is 2.53. The minimum absolute atomic E-state index is 0.741. The van der Waals surface area contributed by atoms with Crippen LogP contribution in [-0.2, 0) is 23.7 Å². The van der Waals surface area contributed by atoms with E-state index in [1.165, 1.54) is 0 Å². The van der Waals surface area contributed by atoms with E-state index in [1.54, 1.807) is 0 Å². The van der Waals surface area contributed by atoms with Gasteiger partial charge in [0.1, 0.15) is 73.2 Å². The Hall–Kier alpha value is -0.640. The van der Waals surface area contributed by atoms with Crippen molar-refractivity contribution in [2.75, 3.05) is 19.8 Å². The molecular weight excluding hydrogens is 472 g/mol. The minimum atomic E-state index is -1.91. The third kappa shape index (κ3) is 5.37. The molecule has 34 heavy (non-hydrogen) atoms. The van der Waals surface area contributed by atoms with Gasteiger partial charge in [0.2, 0.25) is 0 Å². The molecule has 16 nitrogen and oxygen atoms in total. The van der Waals surface area contributed by atoms with E-state index in [1.807, 2.05) is 0 Å². The second-order valence-electron chi connectivity index (χ2n) is 8.33. The molecule has 0 radical (unpaired) electrons. The summed E-state index contributed by atoms with van der Waals surface area (Å²) in [5.41, 5.74) is 0. The number of hydrogen-bond acceptors (Lipinski definition) is 16. The van der Waals surface area contributed by atoms with E-state index < -0.39 is 112 Å². The van der Waals surface area contributed by atoms with E-state index in [-0.39, 0.29) is 0 Å². The van der Waals surface area contributed by atoms with Crippen LogP contribution in [-0.4, -0.2) is 168 Å². The fourth-order valence-electron chi connectivity index (χ4n) is 4.06. The van der Waals surface area contributed by atoms with Crippen molar-refractivity contribution in [2.24, 2.45) is 0 Å². The molecule has 200 valence electrons. The van der Waals surface area contributed by atoms with Gasteiger partial charge in [0.25, 0.3) is 0 Å². The Morgan fingerprint density at radius 3 is 1.35 bits per heavy atom. The summed E-state index contributed by atoms with van der Waals surface area (Å²) in [6.07, 6.45) is -25.1. The third-order valence-electron chi connectivity index (χ3n) is 6.09. The fourth-order valence-corrected chi connectivity index (χ4v) is 4.06. The van der Waals surface area contributed by atoms with Crippen LogP contribution in [0.25, 0.3) is 0 Å². The molecule has 3 aliphatic heterocycles. The first-order valence-corrected chi connectivity index (χ1v) is 10.6. The van der Waals surface area contributed by atoms with Gasteiger partial charge in [-0.25, -0.2) is 0 Å². The maximum Gasteiger partial charge on any atom is 0.187 e. The van der Waals surface area contributed by atoms with Crippen molar-refractivity contribution in [1.29, 1.82) is 0 Å². The molecule has 0 bridgehead atoms. The fraction of sp³-hybridized carbons (Fsp3) is 1.00. The average Bonchev–Trinajstić information content (AvgIpc) is 2.83. The maximum absolute atomic E-state index is 10.6. The first-order valence-electron chi connectivity index (χ1n) is 10.6. The Kier molecular flexibility index (Phi) is 9.54. The number of ether oxygens (including phenoxy) is 5. The molecule has 0 aromatic carbocycles. The standard InChI is InChI=1S/C18H32O16/c19-1-4-7(22)8(23)12(27)17(31-4)34-15-6(3-21)32-18(13(28)10(15)25)33-14-5(2-20)30-16(29)11(26)9(14)24/h4-29H,1-3H2/t4-,5-,6-,7-,8+,9+,10+,11-,12-,13-,14-,15-,16?,17+,18-/m1/s1. The van der Waals surface area contributed by atoms with Crippen LogP contribution in [0.2, 0.25) is 0 Å². The van der Waals surface area contributed by atoms with E-state index >= 15 is 0 Å². The first kappa shape index (κ1) is 27.9. The summed E-state index contributed by atoms with van der Waals surface area (Å²) in [4.78, 5) is 0. The van der Waals surface area contributed by atoms with E-state index in [9.17, 15) is 56.2 Å². The van der Waals surface area contributed by atoms with Gasteiger partial charge < -0.3 is 79.9 Å². The molecule has 3 saturated heterocycles. The highest BCUT2D eigenvalue weighted by Crippen LogP contribution is 2.32. The maximum atomic E-state index is 10.6. The third-order valence-corrected chi connectivity index (χ3v) is 6.09. The zero-order valence-electron chi connectivity index (χ0n) is 17.7. The summed E-state index contributed by atoms with van der Waals surface area (Å²) in [5, 5.41) is 109. The smallest absolute Gasteiger partial charge is 0.187 e. The van der Waals surface area contributed by atoms with Crippen LogP contribution in [0.4, 0.5) is 0 Å². The molecule has 3 aliphatic rings. The van der Waals surface area contributed by atoms with Crippen LogP contribution in [0.15, 0.2) is 0 Å². The zero-order valence-corrected chi connectivity index (χ0v) is 17.7. The Labute approximate surface area is 192 Å². The number of aliphatic hydroxyl groups excluding tert-OH is 11. The Morgan fingerprint density at radius 2 is 0.853 bits per heavy atom.